The Kier molecular flexibility index (Phi) is 5.41. The van der Waals surface area contributed by atoms with Gasteiger partial charge < -0.3 is 15.0 Å². The molecule has 1 aliphatic rings. The van der Waals surface area contributed by atoms with Crippen LogP contribution in [0.1, 0.15) is 31.7 Å². The molecule has 0 aromatic heterocycles. The molecule has 0 spiro atoms. The number of methoxy groups -OCH3 is 1. The molecule has 0 bridgehead atoms. The molecule has 1 aromatic carbocycles. The summed E-state index contributed by atoms with van der Waals surface area (Å²) in [5.41, 5.74) is 2.42. The molecule has 1 atom stereocenters. The fourth-order valence-electron chi connectivity index (χ4n) is 2.54. The molecule has 0 aliphatic carbocycles. The van der Waals surface area contributed by atoms with Gasteiger partial charge in [0.15, 0.2) is 0 Å². The summed E-state index contributed by atoms with van der Waals surface area (Å²) < 4.78 is 5.02. The Hall–Kier alpha value is -1.55. The van der Waals surface area contributed by atoms with Crippen LogP contribution in [0.15, 0.2) is 24.3 Å². The fourth-order valence-corrected chi connectivity index (χ4v) is 2.54. The third kappa shape index (κ3) is 3.73. The van der Waals surface area contributed by atoms with Crippen molar-refractivity contribution in [1.82, 2.24) is 5.32 Å². The van der Waals surface area contributed by atoms with Gasteiger partial charge >= 0.3 is 0 Å². The highest BCUT2D eigenvalue weighted by atomic mass is 16.5. The number of ether oxygens (including phenoxy) is 1. The monoisotopic (exact) mass is 276 g/mol. The minimum atomic E-state index is -0.405. The first-order valence-corrected chi connectivity index (χ1v) is 7.35. The number of nitrogens with zero attached hydrogens (tertiary/aromatic N) is 1. The van der Waals surface area contributed by atoms with Crippen LogP contribution in [-0.4, -0.2) is 32.2 Å². The van der Waals surface area contributed by atoms with Crippen molar-refractivity contribution in [3.8, 4) is 0 Å². The van der Waals surface area contributed by atoms with E-state index in [-0.39, 0.29) is 5.91 Å². The van der Waals surface area contributed by atoms with Crippen LogP contribution in [0.5, 0.6) is 0 Å². The third-order valence-corrected chi connectivity index (χ3v) is 3.86. The van der Waals surface area contributed by atoms with E-state index in [0.29, 0.717) is 6.54 Å². The number of rotatable bonds is 5. The number of anilines is 1. The molecule has 1 fully saturated rings. The quantitative estimate of drug-likeness (QED) is 0.897. The molecule has 4 nitrogen and oxygen atoms in total. The number of carbonyl (C=O) groups is 1. The number of piperidine rings is 1. The molecule has 1 aromatic rings. The Morgan fingerprint density at radius 3 is 2.70 bits per heavy atom. The maximum atomic E-state index is 11.8. The summed E-state index contributed by atoms with van der Waals surface area (Å²) in [5.74, 6) is -0.0686. The number of carbonyl (C=O) groups excluding carboxylic acids is 1. The largest absolute Gasteiger partial charge is 0.372 e. The van der Waals surface area contributed by atoms with Gasteiger partial charge in [0.1, 0.15) is 6.10 Å². The van der Waals surface area contributed by atoms with Gasteiger partial charge in [0.05, 0.1) is 0 Å². The number of benzene rings is 1. The fraction of sp³-hybridized carbons (Fsp3) is 0.562. The standard InChI is InChI=1S/C16H24N2O2/c1-13(20-2)16(19)17-12-14-8-4-5-9-15(14)18-10-6-3-7-11-18/h4-5,8-9,13H,3,6-7,10-12H2,1-2H3,(H,17,19)/t13-/m0/s1. The van der Waals surface area contributed by atoms with Crippen LogP contribution < -0.4 is 10.2 Å². The van der Waals surface area contributed by atoms with E-state index in [2.05, 4.69) is 28.4 Å². The van der Waals surface area contributed by atoms with Crippen LogP contribution in [0.3, 0.4) is 0 Å². The van der Waals surface area contributed by atoms with Crippen molar-refractivity contribution in [2.75, 3.05) is 25.1 Å². The summed E-state index contributed by atoms with van der Waals surface area (Å²) in [6, 6.07) is 8.32. The Labute approximate surface area is 121 Å². The molecule has 110 valence electrons. The third-order valence-electron chi connectivity index (χ3n) is 3.86. The zero-order valence-corrected chi connectivity index (χ0v) is 12.4. The summed E-state index contributed by atoms with van der Waals surface area (Å²) in [4.78, 5) is 14.2. The molecule has 20 heavy (non-hydrogen) atoms. The summed E-state index contributed by atoms with van der Waals surface area (Å²) in [6.45, 7) is 4.53. The van der Waals surface area contributed by atoms with Crippen molar-refractivity contribution in [2.24, 2.45) is 0 Å². The van der Waals surface area contributed by atoms with Gasteiger partial charge in [-0.05, 0) is 37.8 Å². The summed E-state index contributed by atoms with van der Waals surface area (Å²) >= 11 is 0. The molecule has 0 unspecified atom stereocenters. The summed E-state index contributed by atoms with van der Waals surface area (Å²) in [6.07, 6.45) is 3.42. The summed E-state index contributed by atoms with van der Waals surface area (Å²) in [7, 11) is 1.55. The van der Waals surface area contributed by atoms with Crippen molar-refractivity contribution >= 4 is 11.6 Å². The van der Waals surface area contributed by atoms with E-state index in [0.717, 1.165) is 13.1 Å². The highest BCUT2D eigenvalue weighted by molar-refractivity contribution is 5.80. The van der Waals surface area contributed by atoms with Crippen molar-refractivity contribution in [3.63, 3.8) is 0 Å². The van der Waals surface area contributed by atoms with Gasteiger partial charge in [-0.3, -0.25) is 4.79 Å². The predicted molar refractivity (Wildman–Crippen MR) is 80.8 cm³/mol. The van der Waals surface area contributed by atoms with Crippen molar-refractivity contribution in [3.05, 3.63) is 29.8 Å². The van der Waals surface area contributed by atoms with Crippen molar-refractivity contribution < 1.29 is 9.53 Å². The van der Waals surface area contributed by atoms with E-state index in [1.54, 1.807) is 14.0 Å². The van der Waals surface area contributed by atoms with Gasteiger partial charge in [-0.25, -0.2) is 0 Å². The number of nitrogens with one attached hydrogen (secondary N) is 1. The first kappa shape index (κ1) is 14.9. The minimum Gasteiger partial charge on any atom is -0.372 e. The lowest BCUT2D eigenvalue weighted by atomic mass is 10.1. The molecule has 1 N–H and O–H groups in total. The van der Waals surface area contributed by atoms with Crippen molar-refractivity contribution in [1.29, 1.82) is 0 Å². The Morgan fingerprint density at radius 2 is 2.00 bits per heavy atom. The van der Waals surface area contributed by atoms with E-state index in [9.17, 15) is 4.79 Å². The second-order valence-corrected chi connectivity index (χ2v) is 5.27. The lowest BCUT2D eigenvalue weighted by Gasteiger charge is -2.30. The van der Waals surface area contributed by atoms with Gasteiger partial charge in [-0.15, -0.1) is 0 Å². The molecule has 1 aliphatic heterocycles. The van der Waals surface area contributed by atoms with Gasteiger partial charge in [-0.1, -0.05) is 18.2 Å². The normalized spacial score (nSPS) is 16.8. The highest BCUT2D eigenvalue weighted by Gasteiger charge is 2.15. The lowest BCUT2D eigenvalue weighted by Crippen LogP contribution is -2.35. The van der Waals surface area contributed by atoms with Crippen LogP contribution >= 0.6 is 0 Å². The SMILES string of the molecule is CO[C@@H](C)C(=O)NCc1ccccc1N1CCCCC1. The van der Waals surface area contributed by atoms with Gasteiger partial charge in [0, 0.05) is 32.4 Å². The number of para-hydroxylation sites is 1. The van der Waals surface area contributed by atoms with Gasteiger partial charge in [0.2, 0.25) is 5.91 Å². The predicted octanol–water partition coefficient (Wildman–Crippen LogP) is 2.33. The van der Waals surface area contributed by atoms with Crippen LogP contribution in [0.25, 0.3) is 0 Å². The van der Waals surface area contributed by atoms with E-state index in [1.807, 2.05) is 6.07 Å². The van der Waals surface area contributed by atoms with Gasteiger partial charge in [0.25, 0.3) is 0 Å². The maximum Gasteiger partial charge on any atom is 0.249 e. The molecular weight excluding hydrogens is 252 g/mol. The van der Waals surface area contributed by atoms with Crippen LogP contribution in [0, 0.1) is 0 Å². The molecule has 1 saturated heterocycles. The second kappa shape index (κ2) is 7.29. The smallest absolute Gasteiger partial charge is 0.249 e. The molecule has 1 heterocycles. The molecule has 0 saturated carbocycles. The molecule has 2 rings (SSSR count). The van der Waals surface area contributed by atoms with Crippen LogP contribution in [-0.2, 0) is 16.1 Å². The summed E-state index contributed by atoms with van der Waals surface area (Å²) in [5, 5.41) is 2.94. The second-order valence-electron chi connectivity index (χ2n) is 5.27. The number of amides is 1. The molecule has 0 radical (unpaired) electrons. The van der Waals surface area contributed by atoms with Crippen LogP contribution in [0.4, 0.5) is 5.69 Å². The topological polar surface area (TPSA) is 41.6 Å². The van der Waals surface area contributed by atoms with E-state index in [4.69, 9.17) is 4.74 Å². The number of hydrogen-bond acceptors (Lipinski definition) is 3. The minimum absolute atomic E-state index is 0.0686. The lowest BCUT2D eigenvalue weighted by molar-refractivity contribution is -0.130. The Morgan fingerprint density at radius 1 is 1.30 bits per heavy atom. The molecule has 1 amide bonds. The van der Waals surface area contributed by atoms with E-state index in [1.165, 1.54) is 30.5 Å². The number of hydrogen-bond donors (Lipinski definition) is 1. The average molecular weight is 276 g/mol. The van der Waals surface area contributed by atoms with E-state index < -0.39 is 6.10 Å². The Bertz CT molecular complexity index is 442. The highest BCUT2D eigenvalue weighted by Crippen LogP contribution is 2.23. The zero-order valence-electron chi connectivity index (χ0n) is 12.4. The first-order valence-electron chi connectivity index (χ1n) is 7.35. The molecular formula is C16H24N2O2. The molecule has 4 heteroatoms. The first-order chi connectivity index (χ1) is 9.72. The van der Waals surface area contributed by atoms with E-state index >= 15 is 0 Å². The maximum absolute atomic E-state index is 11.8. The Balaban J connectivity index is 2.02. The van der Waals surface area contributed by atoms with Gasteiger partial charge in [-0.2, -0.15) is 0 Å². The zero-order chi connectivity index (χ0) is 14.4. The van der Waals surface area contributed by atoms with Crippen LogP contribution in [0.2, 0.25) is 0 Å². The van der Waals surface area contributed by atoms with Crippen molar-refractivity contribution in [2.45, 2.75) is 38.8 Å². The average Bonchev–Trinajstić information content (AvgIpc) is 2.53.